The highest BCUT2D eigenvalue weighted by molar-refractivity contribution is 5.82. The predicted octanol–water partition coefficient (Wildman–Crippen LogP) is 3.52. The molecule has 0 spiro atoms. The van der Waals surface area contributed by atoms with Gasteiger partial charge in [0, 0.05) is 6.07 Å². The van der Waals surface area contributed by atoms with Crippen LogP contribution in [0.4, 0.5) is 13.2 Å². The highest BCUT2D eigenvalue weighted by Crippen LogP contribution is 2.39. The van der Waals surface area contributed by atoms with Crippen LogP contribution in [0.2, 0.25) is 0 Å². The number of alkyl halides is 3. The highest BCUT2D eigenvalue weighted by atomic mass is 19.4. The number of nitrogens with one attached hydrogen (secondary N) is 1. The van der Waals surface area contributed by atoms with E-state index < -0.39 is 53.7 Å². The van der Waals surface area contributed by atoms with Gasteiger partial charge in [-0.05, 0) is 35.4 Å². The number of hydrogen-bond acceptors (Lipinski definition) is 7. The Balaban J connectivity index is 1.62. The lowest BCUT2D eigenvalue weighted by Gasteiger charge is -2.14. The molecule has 4 rings (SSSR count). The summed E-state index contributed by atoms with van der Waals surface area (Å²) in [5.41, 5.74) is 0.190. The van der Waals surface area contributed by atoms with Gasteiger partial charge >= 0.3 is 6.18 Å². The molecule has 4 aromatic rings. The van der Waals surface area contributed by atoms with Crippen molar-refractivity contribution in [2.75, 3.05) is 13.2 Å². The molecule has 0 aliphatic carbocycles. The summed E-state index contributed by atoms with van der Waals surface area (Å²) < 4.78 is 56.9. The molecule has 0 saturated carbocycles. The van der Waals surface area contributed by atoms with Crippen molar-refractivity contribution in [1.82, 2.24) is 5.32 Å². The number of ether oxygens (including phenoxy) is 2. The van der Waals surface area contributed by atoms with Crippen LogP contribution in [0.15, 0.2) is 82.0 Å². The molecule has 8 nitrogen and oxygen atoms in total. The first-order valence-corrected chi connectivity index (χ1v) is 10.7. The summed E-state index contributed by atoms with van der Waals surface area (Å²) >= 11 is 0. The van der Waals surface area contributed by atoms with E-state index in [9.17, 15) is 32.7 Å². The molecular formula is C26H17F3NO7-. The summed E-state index contributed by atoms with van der Waals surface area (Å²) in [5.74, 6) is -5.06. The van der Waals surface area contributed by atoms with Crippen LogP contribution in [0.25, 0.3) is 22.1 Å². The minimum Gasteiger partial charge on any atom is -0.548 e. The summed E-state index contributed by atoms with van der Waals surface area (Å²) in [7, 11) is 0. The second-order valence-corrected chi connectivity index (χ2v) is 7.68. The average Bonchev–Trinajstić information content (AvgIpc) is 2.88. The smallest absolute Gasteiger partial charge is 0.453 e. The van der Waals surface area contributed by atoms with Crippen molar-refractivity contribution in [1.29, 1.82) is 0 Å². The fraction of sp³-hybridized carbons (Fsp3) is 0.115. The monoisotopic (exact) mass is 512 g/mol. The Kier molecular flexibility index (Phi) is 7.14. The maximum Gasteiger partial charge on any atom is 0.453 e. The first kappa shape index (κ1) is 25.3. The summed E-state index contributed by atoms with van der Waals surface area (Å²) in [6.07, 6.45) is -5.06. The lowest BCUT2D eigenvalue weighted by Crippen LogP contribution is -2.39. The Labute approximate surface area is 206 Å². The number of halogens is 3. The molecule has 37 heavy (non-hydrogen) atoms. The van der Waals surface area contributed by atoms with Gasteiger partial charge in [-0.2, -0.15) is 13.2 Å². The fourth-order valence-electron chi connectivity index (χ4n) is 3.36. The third-order valence-corrected chi connectivity index (χ3v) is 5.06. The molecule has 0 aliphatic rings. The number of amides is 1. The Morgan fingerprint density at radius 1 is 0.919 bits per heavy atom. The van der Waals surface area contributed by atoms with E-state index in [1.54, 1.807) is 12.1 Å². The van der Waals surface area contributed by atoms with Gasteiger partial charge in [-0.25, -0.2) is 0 Å². The van der Waals surface area contributed by atoms with E-state index in [-0.39, 0.29) is 16.9 Å². The summed E-state index contributed by atoms with van der Waals surface area (Å²) in [5, 5.41) is 12.2. The van der Waals surface area contributed by atoms with Crippen LogP contribution < -0.4 is 25.3 Å². The Bertz CT molecular complexity index is 1500. The van der Waals surface area contributed by atoms with Crippen molar-refractivity contribution < 1.29 is 41.8 Å². The molecule has 0 bridgehead atoms. The number of hydrogen-bond donors (Lipinski definition) is 1. The van der Waals surface area contributed by atoms with Crippen molar-refractivity contribution >= 4 is 22.8 Å². The first-order valence-electron chi connectivity index (χ1n) is 10.7. The van der Waals surface area contributed by atoms with Crippen molar-refractivity contribution in [3.05, 3.63) is 88.8 Å². The van der Waals surface area contributed by atoms with E-state index in [2.05, 4.69) is 0 Å². The van der Waals surface area contributed by atoms with Crippen molar-refractivity contribution in [3.8, 4) is 28.4 Å². The molecule has 1 aromatic heterocycles. The molecular weight excluding hydrogens is 495 g/mol. The summed E-state index contributed by atoms with van der Waals surface area (Å²) in [6.45, 7) is -1.36. The minimum absolute atomic E-state index is 0.000595. The van der Waals surface area contributed by atoms with Crippen molar-refractivity contribution in [3.63, 3.8) is 0 Å². The zero-order valence-electron chi connectivity index (χ0n) is 18.8. The van der Waals surface area contributed by atoms with Crippen molar-refractivity contribution in [2.24, 2.45) is 0 Å². The number of carboxylic acid groups (broad SMARTS) is 1. The molecule has 0 fully saturated rings. The lowest BCUT2D eigenvalue weighted by molar-refractivity contribution is -0.304. The molecule has 190 valence electrons. The third-order valence-electron chi connectivity index (χ3n) is 5.06. The van der Waals surface area contributed by atoms with Gasteiger partial charge in [-0.15, -0.1) is 0 Å². The maximum absolute atomic E-state index is 13.8. The Hall–Kier alpha value is -4.80. The van der Waals surface area contributed by atoms with Gasteiger partial charge in [0.15, 0.2) is 6.61 Å². The van der Waals surface area contributed by atoms with E-state index in [4.69, 9.17) is 13.9 Å². The number of rotatable bonds is 8. The van der Waals surface area contributed by atoms with Gasteiger partial charge in [0.2, 0.25) is 11.2 Å². The highest BCUT2D eigenvalue weighted by Gasteiger charge is 2.40. The lowest BCUT2D eigenvalue weighted by atomic mass is 10.1. The first-order chi connectivity index (χ1) is 17.6. The van der Waals surface area contributed by atoms with Crippen LogP contribution in [0, 0.1) is 0 Å². The van der Waals surface area contributed by atoms with Gasteiger partial charge in [0.1, 0.15) is 17.1 Å². The van der Waals surface area contributed by atoms with Crippen LogP contribution in [0.3, 0.4) is 0 Å². The molecule has 0 saturated heterocycles. The van der Waals surface area contributed by atoms with Gasteiger partial charge in [-0.1, -0.05) is 42.5 Å². The molecule has 0 aliphatic heterocycles. The van der Waals surface area contributed by atoms with Gasteiger partial charge in [0.05, 0.1) is 17.9 Å². The number of benzene rings is 3. The second kappa shape index (κ2) is 10.4. The summed E-state index contributed by atoms with van der Waals surface area (Å²) in [4.78, 5) is 34.9. The number of carbonyl (C=O) groups excluding carboxylic acids is 2. The normalized spacial score (nSPS) is 11.2. The number of carboxylic acids is 1. The number of aliphatic carboxylic acids is 1. The van der Waals surface area contributed by atoms with E-state index in [0.29, 0.717) is 0 Å². The predicted molar refractivity (Wildman–Crippen MR) is 123 cm³/mol. The molecule has 1 amide bonds. The summed E-state index contributed by atoms with van der Waals surface area (Å²) in [6, 6.07) is 18.9. The molecule has 0 atom stereocenters. The zero-order chi connectivity index (χ0) is 26.6. The zero-order valence-corrected chi connectivity index (χ0v) is 18.8. The molecule has 0 unspecified atom stereocenters. The second-order valence-electron chi connectivity index (χ2n) is 7.68. The van der Waals surface area contributed by atoms with Crippen LogP contribution in [0.1, 0.15) is 5.76 Å². The molecule has 1 N–H and O–H groups in total. The molecule has 3 aromatic carbocycles. The van der Waals surface area contributed by atoms with Gasteiger partial charge in [-0.3, -0.25) is 9.59 Å². The molecule has 0 radical (unpaired) electrons. The van der Waals surface area contributed by atoms with E-state index in [0.717, 1.165) is 17.2 Å². The Morgan fingerprint density at radius 3 is 2.22 bits per heavy atom. The van der Waals surface area contributed by atoms with Gasteiger partial charge in [0.25, 0.3) is 11.7 Å². The quantitative estimate of drug-likeness (QED) is 0.384. The SMILES string of the molecule is O=C([O-])CNC(=O)COc1ccc2c(=O)c(Oc3ccc(-c4ccccc4)cc3)c(C(F)(F)F)oc2c1. The van der Waals surface area contributed by atoms with Crippen molar-refractivity contribution in [2.45, 2.75) is 6.18 Å². The molecule has 1 heterocycles. The fourth-order valence-corrected chi connectivity index (χ4v) is 3.36. The standard InChI is InChI=1S/C26H18F3NO7/c27-26(28,29)25-24(36-17-8-6-16(7-9-17)15-4-2-1-3-5-15)23(34)19-11-10-18(12-20(19)37-25)35-14-21(31)30-13-22(32)33/h1-12H,13-14H2,(H,30,31)(H,32,33)/p-1. The topological polar surface area (TPSA) is 118 Å². The third kappa shape index (κ3) is 6.07. The van der Waals surface area contributed by atoms with E-state index in [1.165, 1.54) is 24.3 Å². The Morgan fingerprint density at radius 2 is 1.57 bits per heavy atom. The average molecular weight is 512 g/mol. The van der Waals surface area contributed by atoms with Gasteiger partial charge < -0.3 is 29.1 Å². The number of fused-ring (bicyclic) bond motifs is 1. The van der Waals surface area contributed by atoms with Crippen LogP contribution in [0.5, 0.6) is 17.2 Å². The molecule has 11 heteroatoms. The largest absolute Gasteiger partial charge is 0.548 e. The van der Waals surface area contributed by atoms with Crippen LogP contribution >= 0.6 is 0 Å². The van der Waals surface area contributed by atoms with Crippen LogP contribution in [-0.2, 0) is 15.8 Å². The van der Waals surface area contributed by atoms with E-state index >= 15 is 0 Å². The van der Waals surface area contributed by atoms with E-state index in [1.807, 2.05) is 35.6 Å². The minimum atomic E-state index is -5.06. The van der Waals surface area contributed by atoms with Crippen LogP contribution in [-0.4, -0.2) is 25.0 Å². The number of carbonyl (C=O) groups is 2. The maximum atomic E-state index is 13.8.